The Morgan fingerprint density at radius 1 is 1.19 bits per heavy atom. The predicted octanol–water partition coefficient (Wildman–Crippen LogP) is 3.87. The maximum atomic E-state index is 10.8. The molecule has 0 fully saturated rings. The summed E-state index contributed by atoms with van der Waals surface area (Å²) < 4.78 is 1.98. The zero-order valence-corrected chi connectivity index (χ0v) is 13.5. The van der Waals surface area contributed by atoms with Crippen LogP contribution in [0, 0.1) is 0 Å². The maximum Gasteiger partial charge on any atom is 0.0924 e. The van der Waals surface area contributed by atoms with Gasteiger partial charge in [0.05, 0.1) is 11.3 Å². The van der Waals surface area contributed by atoms with Crippen LogP contribution in [0.1, 0.15) is 57.0 Å². The largest absolute Gasteiger partial charge is 0.385 e. The lowest BCUT2D eigenvalue weighted by molar-refractivity contribution is 0.0563. The van der Waals surface area contributed by atoms with Crippen molar-refractivity contribution in [2.24, 2.45) is 0 Å². The molecule has 3 nitrogen and oxygen atoms in total. The average Bonchev–Trinajstić information content (AvgIpc) is 2.94. The molecule has 114 valence electrons. The van der Waals surface area contributed by atoms with E-state index >= 15 is 0 Å². The summed E-state index contributed by atoms with van der Waals surface area (Å²) in [6, 6.07) is 10.6. The molecule has 3 heteroatoms. The first-order chi connectivity index (χ1) is 9.96. The van der Waals surface area contributed by atoms with Gasteiger partial charge in [-0.25, -0.2) is 0 Å². The summed E-state index contributed by atoms with van der Waals surface area (Å²) >= 11 is 0. The van der Waals surface area contributed by atoms with Gasteiger partial charge in [0.25, 0.3) is 0 Å². The van der Waals surface area contributed by atoms with Crippen LogP contribution in [-0.4, -0.2) is 14.9 Å². The number of aromatic nitrogens is 2. The molecule has 0 saturated carbocycles. The third kappa shape index (κ3) is 3.73. The molecule has 2 aromatic rings. The lowest BCUT2D eigenvalue weighted by Crippen LogP contribution is -2.24. The van der Waals surface area contributed by atoms with Gasteiger partial charge in [-0.1, -0.05) is 38.1 Å². The van der Waals surface area contributed by atoms with Crippen molar-refractivity contribution in [1.82, 2.24) is 9.78 Å². The van der Waals surface area contributed by atoms with E-state index in [1.807, 2.05) is 36.0 Å². The van der Waals surface area contributed by atoms with Crippen LogP contribution in [0.4, 0.5) is 0 Å². The highest BCUT2D eigenvalue weighted by atomic mass is 16.3. The van der Waals surface area contributed by atoms with Crippen molar-refractivity contribution >= 4 is 0 Å². The second kappa shape index (κ2) is 6.44. The maximum absolute atomic E-state index is 10.8. The predicted molar refractivity (Wildman–Crippen MR) is 86.3 cm³/mol. The van der Waals surface area contributed by atoms with Gasteiger partial charge < -0.3 is 5.11 Å². The molecule has 0 aliphatic heterocycles. The molecule has 0 aliphatic carbocycles. The van der Waals surface area contributed by atoms with E-state index in [-0.39, 0.29) is 0 Å². The summed E-state index contributed by atoms with van der Waals surface area (Å²) in [6.45, 7) is 8.29. The summed E-state index contributed by atoms with van der Waals surface area (Å²) in [4.78, 5) is 0. The molecule has 0 radical (unpaired) electrons. The minimum Gasteiger partial charge on any atom is -0.385 e. The first-order valence-electron chi connectivity index (χ1n) is 7.82. The fraction of sp³-hybridized carbons (Fsp3) is 0.500. The zero-order chi connectivity index (χ0) is 15.5. The second-order valence-corrected chi connectivity index (χ2v) is 6.05. The smallest absolute Gasteiger partial charge is 0.0924 e. The molecule has 0 bridgehead atoms. The number of hydrogen-bond acceptors (Lipinski definition) is 2. The highest BCUT2D eigenvalue weighted by Gasteiger charge is 2.24. The molecule has 0 amide bonds. The van der Waals surface area contributed by atoms with Crippen molar-refractivity contribution in [2.45, 2.75) is 58.6 Å². The number of aliphatic hydroxyl groups is 1. The van der Waals surface area contributed by atoms with Crippen LogP contribution >= 0.6 is 0 Å². The lowest BCUT2D eigenvalue weighted by Gasteiger charge is -2.23. The van der Waals surface area contributed by atoms with Gasteiger partial charge in [-0.2, -0.15) is 5.10 Å². The Morgan fingerprint density at radius 2 is 1.86 bits per heavy atom. The topological polar surface area (TPSA) is 38.0 Å². The van der Waals surface area contributed by atoms with E-state index in [1.54, 1.807) is 0 Å². The average molecular weight is 286 g/mol. The van der Waals surface area contributed by atoms with Crippen molar-refractivity contribution in [3.05, 3.63) is 53.3 Å². The van der Waals surface area contributed by atoms with Gasteiger partial charge in [-0.05, 0) is 43.9 Å². The molecule has 21 heavy (non-hydrogen) atoms. The summed E-state index contributed by atoms with van der Waals surface area (Å²) in [6.07, 6.45) is 4.60. The van der Waals surface area contributed by atoms with Crippen molar-refractivity contribution in [3.63, 3.8) is 0 Å². The summed E-state index contributed by atoms with van der Waals surface area (Å²) in [5, 5.41) is 15.3. The van der Waals surface area contributed by atoms with Gasteiger partial charge in [0.1, 0.15) is 0 Å². The van der Waals surface area contributed by atoms with Crippen LogP contribution in [0.15, 0.2) is 36.5 Å². The van der Waals surface area contributed by atoms with E-state index < -0.39 is 5.60 Å². The van der Waals surface area contributed by atoms with Gasteiger partial charge in [-0.3, -0.25) is 4.68 Å². The Hall–Kier alpha value is -1.61. The Kier molecular flexibility index (Phi) is 4.84. The summed E-state index contributed by atoms with van der Waals surface area (Å²) in [5.41, 5.74) is 2.27. The Bertz CT molecular complexity index is 569. The Morgan fingerprint density at radius 3 is 2.43 bits per heavy atom. The van der Waals surface area contributed by atoms with Crippen molar-refractivity contribution < 1.29 is 5.11 Å². The molecule has 2 unspecified atom stereocenters. The van der Waals surface area contributed by atoms with E-state index in [9.17, 15) is 5.11 Å². The summed E-state index contributed by atoms with van der Waals surface area (Å²) in [5.74, 6) is 0. The van der Waals surface area contributed by atoms with Gasteiger partial charge in [0, 0.05) is 18.7 Å². The molecule has 1 heterocycles. The molecule has 2 atom stereocenters. The molecular weight excluding hydrogens is 260 g/mol. The highest BCUT2D eigenvalue weighted by Crippen LogP contribution is 2.25. The number of benzene rings is 1. The molecule has 0 aliphatic rings. The molecule has 1 N–H and O–H groups in total. The third-order valence-electron chi connectivity index (χ3n) is 4.22. The van der Waals surface area contributed by atoms with Crippen LogP contribution < -0.4 is 0 Å². The minimum atomic E-state index is -0.888. The molecular formula is C18H26N2O. The number of hydrogen-bond donors (Lipinski definition) is 1. The van der Waals surface area contributed by atoms with E-state index in [0.29, 0.717) is 12.5 Å². The normalized spacial score (nSPS) is 15.7. The zero-order valence-electron chi connectivity index (χ0n) is 13.5. The van der Waals surface area contributed by atoms with Crippen LogP contribution in [-0.2, 0) is 18.4 Å². The fourth-order valence-electron chi connectivity index (χ4n) is 2.46. The van der Waals surface area contributed by atoms with Gasteiger partial charge in [-0.15, -0.1) is 0 Å². The van der Waals surface area contributed by atoms with Gasteiger partial charge >= 0.3 is 0 Å². The molecule has 2 rings (SSSR count). The van der Waals surface area contributed by atoms with Crippen LogP contribution in [0.2, 0.25) is 0 Å². The quantitative estimate of drug-likeness (QED) is 0.875. The Balaban J connectivity index is 2.14. The van der Waals surface area contributed by atoms with Crippen molar-refractivity contribution in [1.29, 1.82) is 0 Å². The van der Waals surface area contributed by atoms with Crippen molar-refractivity contribution in [2.75, 3.05) is 0 Å². The fourth-order valence-corrected chi connectivity index (χ4v) is 2.46. The first-order valence-corrected chi connectivity index (χ1v) is 7.82. The third-order valence-corrected chi connectivity index (χ3v) is 4.22. The van der Waals surface area contributed by atoms with E-state index in [0.717, 1.165) is 24.1 Å². The monoisotopic (exact) mass is 286 g/mol. The van der Waals surface area contributed by atoms with Gasteiger partial charge in [0.15, 0.2) is 0 Å². The number of nitrogens with zero attached hydrogens (tertiary/aromatic N) is 2. The van der Waals surface area contributed by atoms with E-state index in [1.165, 1.54) is 5.56 Å². The van der Waals surface area contributed by atoms with E-state index in [4.69, 9.17) is 0 Å². The van der Waals surface area contributed by atoms with E-state index in [2.05, 4.69) is 38.0 Å². The molecule has 1 aromatic carbocycles. The number of aryl methyl sites for hydroxylation is 1. The van der Waals surface area contributed by atoms with Gasteiger partial charge in [0.2, 0.25) is 0 Å². The first kappa shape index (κ1) is 15.8. The SMILES string of the molecule is CCc1ccc(C(C)(O)Cc2ccn(C(C)CC)n2)cc1. The molecule has 0 saturated heterocycles. The second-order valence-electron chi connectivity index (χ2n) is 6.05. The molecule has 1 aromatic heterocycles. The molecule has 0 spiro atoms. The Labute approximate surface area is 127 Å². The standard InChI is InChI=1S/C18H26N2O/c1-5-14(3)20-12-11-17(19-20)13-18(4,21)16-9-7-15(6-2)8-10-16/h7-12,14,21H,5-6,13H2,1-4H3. The summed E-state index contributed by atoms with van der Waals surface area (Å²) in [7, 11) is 0. The minimum absolute atomic E-state index is 0.396. The van der Waals surface area contributed by atoms with Crippen LogP contribution in [0.25, 0.3) is 0 Å². The lowest BCUT2D eigenvalue weighted by atomic mass is 9.90. The number of rotatable bonds is 6. The highest BCUT2D eigenvalue weighted by molar-refractivity contribution is 5.28. The van der Waals surface area contributed by atoms with Crippen LogP contribution in [0.3, 0.4) is 0 Å². The van der Waals surface area contributed by atoms with Crippen LogP contribution in [0.5, 0.6) is 0 Å². The van der Waals surface area contributed by atoms with Crippen molar-refractivity contribution in [3.8, 4) is 0 Å².